The third kappa shape index (κ3) is 2.29. The van der Waals surface area contributed by atoms with Crippen molar-refractivity contribution in [2.75, 3.05) is 16.8 Å². The van der Waals surface area contributed by atoms with Gasteiger partial charge in [0, 0.05) is 12.2 Å². The summed E-state index contributed by atoms with van der Waals surface area (Å²) in [7, 11) is 0. The van der Waals surface area contributed by atoms with Gasteiger partial charge in [-0.1, -0.05) is 41.9 Å². The Morgan fingerprint density at radius 2 is 1.84 bits per heavy atom. The number of amides is 2. The molecule has 0 aliphatic carbocycles. The normalized spacial score (nSPS) is 13.2. The Kier molecular flexibility index (Phi) is 3.13. The van der Waals surface area contributed by atoms with E-state index in [0.717, 1.165) is 12.1 Å². The lowest BCUT2D eigenvalue weighted by molar-refractivity contribution is 0.257. The largest absolute Gasteiger partial charge is 0.326 e. The lowest BCUT2D eigenvalue weighted by atomic mass is 10.2. The average Bonchev–Trinajstić information content (AvgIpc) is 2.85. The molecule has 1 aliphatic rings. The summed E-state index contributed by atoms with van der Waals surface area (Å²) in [6, 6.07) is 15.1. The van der Waals surface area contributed by atoms with E-state index in [2.05, 4.69) is 11.4 Å². The topological polar surface area (TPSA) is 32.3 Å². The number of para-hydroxylation sites is 2. The van der Waals surface area contributed by atoms with E-state index < -0.39 is 0 Å². The van der Waals surface area contributed by atoms with E-state index in [4.69, 9.17) is 11.6 Å². The van der Waals surface area contributed by atoms with Crippen LogP contribution in [0.1, 0.15) is 5.56 Å². The summed E-state index contributed by atoms with van der Waals surface area (Å²) >= 11 is 6.04. The first-order valence-electron chi connectivity index (χ1n) is 6.16. The number of nitrogens with one attached hydrogen (secondary N) is 1. The van der Waals surface area contributed by atoms with E-state index in [1.165, 1.54) is 5.56 Å². The van der Waals surface area contributed by atoms with Crippen molar-refractivity contribution in [3.8, 4) is 0 Å². The quantitative estimate of drug-likeness (QED) is 0.838. The molecule has 0 unspecified atom stereocenters. The average molecular weight is 273 g/mol. The molecule has 1 N–H and O–H groups in total. The van der Waals surface area contributed by atoms with E-state index in [1.807, 2.05) is 30.3 Å². The number of urea groups is 1. The fraction of sp³-hybridized carbons (Fsp3) is 0.133. The number of halogens is 1. The molecule has 0 atom stereocenters. The van der Waals surface area contributed by atoms with Gasteiger partial charge in [-0.25, -0.2) is 4.79 Å². The number of fused-ring (bicyclic) bond motifs is 1. The smallest absolute Gasteiger partial charge is 0.306 e. The molecule has 2 aromatic carbocycles. The SMILES string of the molecule is O=C(Nc1ccccc1Cl)N1CCc2ccccc21. The van der Waals surface area contributed by atoms with Gasteiger partial charge in [0.2, 0.25) is 0 Å². The van der Waals surface area contributed by atoms with Gasteiger partial charge in [0.05, 0.1) is 10.7 Å². The molecule has 0 spiro atoms. The van der Waals surface area contributed by atoms with Crippen molar-refractivity contribution in [1.82, 2.24) is 0 Å². The molecule has 1 heterocycles. The number of carbonyl (C=O) groups is 1. The van der Waals surface area contributed by atoms with Gasteiger partial charge in [-0.05, 0) is 30.2 Å². The number of nitrogens with zero attached hydrogens (tertiary/aromatic N) is 1. The fourth-order valence-corrected chi connectivity index (χ4v) is 2.48. The standard InChI is InChI=1S/C15H13ClN2O/c16-12-6-2-3-7-13(12)17-15(19)18-10-9-11-5-1-4-8-14(11)18/h1-8H,9-10H2,(H,17,19). The molecule has 3 nitrogen and oxygen atoms in total. The first-order chi connectivity index (χ1) is 9.25. The van der Waals surface area contributed by atoms with Gasteiger partial charge in [0.25, 0.3) is 0 Å². The van der Waals surface area contributed by atoms with Gasteiger partial charge >= 0.3 is 6.03 Å². The second-order valence-corrected chi connectivity index (χ2v) is 4.85. The van der Waals surface area contributed by atoms with Crippen LogP contribution in [-0.4, -0.2) is 12.6 Å². The van der Waals surface area contributed by atoms with Crippen molar-refractivity contribution in [2.24, 2.45) is 0 Å². The third-order valence-electron chi connectivity index (χ3n) is 3.25. The molecule has 19 heavy (non-hydrogen) atoms. The lowest BCUT2D eigenvalue weighted by Gasteiger charge is -2.18. The van der Waals surface area contributed by atoms with Crippen molar-refractivity contribution in [1.29, 1.82) is 0 Å². The van der Waals surface area contributed by atoms with Gasteiger partial charge in [-0.2, -0.15) is 0 Å². The molecule has 96 valence electrons. The summed E-state index contributed by atoms with van der Waals surface area (Å²) in [5.41, 5.74) is 2.82. The molecule has 0 aromatic heterocycles. The van der Waals surface area contributed by atoms with Crippen LogP contribution in [0, 0.1) is 0 Å². The van der Waals surface area contributed by atoms with E-state index in [-0.39, 0.29) is 6.03 Å². The lowest BCUT2D eigenvalue weighted by Crippen LogP contribution is -2.33. The van der Waals surface area contributed by atoms with Gasteiger partial charge in [-0.15, -0.1) is 0 Å². The molecule has 4 heteroatoms. The number of hydrogen-bond acceptors (Lipinski definition) is 1. The molecule has 1 aliphatic heterocycles. The highest BCUT2D eigenvalue weighted by molar-refractivity contribution is 6.33. The van der Waals surface area contributed by atoms with Crippen LogP contribution in [0.25, 0.3) is 0 Å². The number of anilines is 2. The molecule has 0 radical (unpaired) electrons. The molecule has 0 fully saturated rings. The summed E-state index contributed by atoms with van der Waals surface area (Å²) in [6.07, 6.45) is 0.895. The minimum atomic E-state index is -0.141. The van der Waals surface area contributed by atoms with Crippen LogP contribution in [0.15, 0.2) is 48.5 Å². The summed E-state index contributed by atoms with van der Waals surface area (Å²) in [4.78, 5) is 14.0. The molecule has 3 rings (SSSR count). The first kappa shape index (κ1) is 12.1. The monoisotopic (exact) mass is 272 g/mol. The van der Waals surface area contributed by atoms with Crippen LogP contribution in [0.3, 0.4) is 0 Å². The highest BCUT2D eigenvalue weighted by Gasteiger charge is 2.24. The molecule has 2 aromatic rings. The second kappa shape index (κ2) is 4.94. The first-order valence-corrected chi connectivity index (χ1v) is 6.54. The predicted octanol–water partition coefficient (Wildman–Crippen LogP) is 3.93. The number of benzene rings is 2. The Labute approximate surface area is 116 Å². The van der Waals surface area contributed by atoms with E-state index in [0.29, 0.717) is 17.3 Å². The number of carbonyl (C=O) groups excluding carboxylic acids is 1. The van der Waals surface area contributed by atoms with Crippen LogP contribution in [0.5, 0.6) is 0 Å². The maximum atomic E-state index is 12.3. The van der Waals surface area contributed by atoms with Crippen LogP contribution in [-0.2, 0) is 6.42 Å². The highest BCUT2D eigenvalue weighted by atomic mass is 35.5. The number of rotatable bonds is 1. The summed E-state index contributed by atoms with van der Waals surface area (Å²) in [6.45, 7) is 0.704. The Morgan fingerprint density at radius 3 is 2.68 bits per heavy atom. The minimum absolute atomic E-state index is 0.141. The zero-order valence-electron chi connectivity index (χ0n) is 10.3. The van der Waals surface area contributed by atoms with Crippen molar-refractivity contribution in [3.05, 3.63) is 59.1 Å². The maximum absolute atomic E-state index is 12.3. The Morgan fingerprint density at radius 1 is 1.11 bits per heavy atom. The Balaban J connectivity index is 1.81. The zero-order chi connectivity index (χ0) is 13.2. The second-order valence-electron chi connectivity index (χ2n) is 4.44. The van der Waals surface area contributed by atoms with Crippen molar-refractivity contribution in [2.45, 2.75) is 6.42 Å². The molecular formula is C15H13ClN2O. The van der Waals surface area contributed by atoms with Gasteiger partial charge in [-0.3, -0.25) is 4.90 Å². The van der Waals surface area contributed by atoms with Crippen LogP contribution in [0.4, 0.5) is 16.2 Å². The summed E-state index contributed by atoms with van der Waals surface area (Å²) in [5.74, 6) is 0. The van der Waals surface area contributed by atoms with Crippen molar-refractivity contribution in [3.63, 3.8) is 0 Å². The molecule has 0 saturated heterocycles. The summed E-state index contributed by atoms with van der Waals surface area (Å²) in [5, 5.41) is 3.39. The summed E-state index contributed by atoms with van der Waals surface area (Å²) < 4.78 is 0. The van der Waals surface area contributed by atoms with E-state index in [9.17, 15) is 4.79 Å². The maximum Gasteiger partial charge on any atom is 0.326 e. The van der Waals surface area contributed by atoms with Crippen LogP contribution < -0.4 is 10.2 Å². The zero-order valence-corrected chi connectivity index (χ0v) is 11.0. The van der Waals surface area contributed by atoms with E-state index in [1.54, 1.807) is 17.0 Å². The van der Waals surface area contributed by atoms with Crippen molar-refractivity contribution < 1.29 is 4.79 Å². The van der Waals surface area contributed by atoms with E-state index >= 15 is 0 Å². The van der Waals surface area contributed by atoms with Crippen LogP contribution in [0.2, 0.25) is 5.02 Å². The predicted molar refractivity (Wildman–Crippen MR) is 78.0 cm³/mol. The molecule has 0 bridgehead atoms. The minimum Gasteiger partial charge on any atom is -0.306 e. The molecule has 0 saturated carbocycles. The fourth-order valence-electron chi connectivity index (χ4n) is 2.29. The van der Waals surface area contributed by atoms with Gasteiger partial charge < -0.3 is 5.32 Å². The molecular weight excluding hydrogens is 260 g/mol. The van der Waals surface area contributed by atoms with Gasteiger partial charge in [0.1, 0.15) is 0 Å². The Bertz CT molecular complexity index is 627. The van der Waals surface area contributed by atoms with Crippen molar-refractivity contribution >= 4 is 29.0 Å². The van der Waals surface area contributed by atoms with Gasteiger partial charge in [0.15, 0.2) is 0 Å². The van der Waals surface area contributed by atoms with Crippen LogP contribution >= 0.6 is 11.6 Å². The molecule has 2 amide bonds. The highest BCUT2D eigenvalue weighted by Crippen LogP contribution is 2.29. The number of hydrogen-bond donors (Lipinski definition) is 1. The Hall–Kier alpha value is -2.00. The third-order valence-corrected chi connectivity index (χ3v) is 3.58.